The van der Waals surface area contributed by atoms with Crippen molar-refractivity contribution < 1.29 is 14.6 Å². The van der Waals surface area contributed by atoms with Crippen molar-refractivity contribution >= 4 is 5.97 Å². The highest BCUT2D eigenvalue weighted by atomic mass is 16.5. The SMILES string of the molecule is COC(=O)C[C@@H](O)Cn1ccnc1C(C)C. The van der Waals surface area contributed by atoms with Gasteiger partial charge in [0.05, 0.1) is 26.2 Å². The van der Waals surface area contributed by atoms with Crippen LogP contribution in [0.2, 0.25) is 0 Å². The second-order valence-corrected chi connectivity index (χ2v) is 4.03. The molecule has 5 nitrogen and oxygen atoms in total. The molecule has 1 N–H and O–H groups in total. The Morgan fingerprint density at radius 1 is 1.62 bits per heavy atom. The fourth-order valence-corrected chi connectivity index (χ4v) is 1.54. The first-order chi connectivity index (χ1) is 7.54. The Hall–Kier alpha value is -1.36. The van der Waals surface area contributed by atoms with Crippen LogP contribution in [0.5, 0.6) is 0 Å². The molecule has 16 heavy (non-hydrogen) atoms. The largest absolute Gasteiger partial charge is 0.469 e. The van der Waals surface area contributed by atoms with Gasteiger partial charge >= 0.3 is 5.97 Å². The van der Waals surface area contributed by atoms with Crippen molar-refractivity contribution in [2.45, 2.75) is 38.8 Å². The van der Waals surface area contributed by atoms with Crippen molar-refractivity contribution in [3.63, 3.8) is 0 Å². The number of aromatic nitrogens is 2. The summed E-state index contributed by atoms with van der Waals surface area (Å²) in [5.74, 6) is 0.794. The summed E-state index contributed by atoms with van der Waals surface area (Å²) in [7, 11) is 1.31. The molecule has 0 unspecified atom stereocenters. The van der Waals surface area contributed by atoms with E-state index in [4.69, 9.17) is 0 Å². The zero-order valence-electron chi connectivity index (χ0n) is 9.88. The van der Waals surface area contributed by atoms with E-state index in [0.717, 1.165) is 5.82 Å². The lowest BCUT2D eigenvalue weighted by atomic mass is 10.2. The van der Waals surface area contributed by atoms with Gasteiger partial charge in [0.25, 0.3) is 0 Å². The normalized spacial score (nSPS) is 12.8. The number of aliphatic hydroxyl groups excluding tert-OH is 1. The molecule has 0 saturated carbocycles. The third-order valence-corrected chi connectivity index (χ3v) is 2.30. The topological polar surface area (TPSA) is 64.3 Å². The molecule has 0 amide bonds. The molecule has 0 bridgehead atoms. The number of nitrogens with zero attached hydrogens (tertiary/aromatic N) is 2. The van der Waals surface area contributed by atoms with Crippen LogP contribution in [-0.4, -0.2) is 33.8 Å². The summed E-state index contributed by atoms with van der Waals surface area (Å²) < 4.78 is 6.35. The Morgan fingerprint density at radius 3 is 2.88 bits per heavy atom. The zero-order valence-corrected chi connectivity index (χ0v) is 9.88. The van der Waals surface area contributed by atoms with Gasteiger partial charge in [0, 0.05) is 18.3 Å². The van der Waals surface area contributed by atoms with Crippen LogP contribution in [0.4, 0.5) is 0 Å². The number of imidazole rings is 1. The first kappa shape index (κ1) is 12.7. The molecule has 0 aliphatic heterocycles. The smallest absolute Gasteiger partial charge is 0.308 e. The van der Waals surface area contributed by atoms with Crippen LogP contribution < -0.4 is 0 Å². The number of hydrogen-bond acceptors (Lipinski definition) is 4. The van der Waals surface area contributed by atoms with Crippen molar-refractivity contribution in [1.29, 1.82) is 0 Å². The molecular weight excluding hydrogens is 208 g/mol. The average molecular weight is 226 g/mol. The van der Waals surface area contributed by atoms with Gasteiger partial charge < -0.3 is 14.4 Å². The molecule has 1 aromatic heterocycles. The van der Waals surface area contributed by atoms with Gasteiger partial charge in [-0.05, 0) is 0 Å². The minimum absolute atomic E-state index is 0.00617. The van der Waals surface area contributed by atoms with Crippen LogP contribution >= 0.6 is 0 Å². The molecule has 0 fully saturated rings. The molecule has 0 aromatic carbocycles. The van der Waals surface area contributed by atoms with E-state index in [2.05, 4.69) is 9.72 Å². The van der Waals surface area contributed by atoms with E-state index in [1.54, 1.807) is 12.4 Å². The number of hydrogen-bond donors (Lipinski definition) is 1. The number of carbonyl (C=O) groups is 1. The highest BCUT2D eigenvalue weighted by Crippen LogP contribution is 2.12. The van der Waals surface area contributed by atoms with Crippen molar-refractivity contribution in [2.24, 2.45) is 0 Å². The van der Waals surface area contributed by atoms with Crippen LogP contribution in [-0.2, 0) is 16.1 Å². The van der Waals surface area contributed by atoms with Crippen LogP contribution in [0.15, 0.2) is 12.4 Å². The van der Waals surface area contributed by atoms with Crippen LogP contribution in [0.3, 0.4) is 0 Å². The quantitative estimate of drug-likeness (QED) is 0.759. The van der Waals surface area contributed by atoms with Crippen molar-refractivity contribution in [1.82, 2.24) is 9.55 Å². The van der Waals surface area contributed by atoms with E-state index >= 15 is 0 Å². The van der Waals surface area contributed by atoms with Crippen molar-refractivity contribution in [3.8, 4) is 0 Å². The molecule has 1 rings (SSSR count). The van der Waals surface area contributed by atoms with E-state index in [1.807, 2.05) is 18.4 Å². The van der Waals surface area contributed by atoms with Crippen molar-refractivity contribution in [2.75, 3.05) is 7.11 Å². The second-order valence-electron chi connectivity index (χ2n) is 4.03. The zero-order chi connectivity index (χ0) is 12.1. The number of rotatable bonds is 5. The van der Waals surface area contributed by atoms with Gasteiger partial charge in [-0.1, -0.05) is 13.8 Å². The summed E-state index contributed by atoms with van der Waals surface area (Å²) in [6, 6.07) is 0. The summed E-state index contributed by atoms with van der Waals surface area (Å²) in [6.45, 7) is 4.43. The predicted molar refractivity (Wildman–Crippen MR) is 59.0 cm³/mol. The third kappa shape index (κ3) is 3.34. The fraction of sp³-hybridized carbons (Fsp3) is 0.636. The molecular formula is C11H18N2O3. The molecule has 0 spiro atoms. The summed E-state index contributed by atoms with van der Waals surface area (Å²) in [5.41, 5.74) is 0. The molecule has 0 aliphatic carbocycles. The maximum absolute atomic E-state index is 11.0. The first-order valence-electron chi connectivity index (χ1n) is 5.30. The Kier molecular flexibility index (Phi) is 4.49. The maximum atomic E-state index is 11.0. The highest BCUT2D eigenvalue weighted by molar-refractivity contribution is 5.69. The minimum Gasteiger partial charge on any atom is -0.469 e. The Labute approximate surface area is 95.1 Å². The van der Waals surface area contributed by atoms with Gasteiger partial charge in [0.2, 0.25) is 0 Å². The lowest BCUT2D eigenvalue weighted by molar-refractivity contribution is -0.142. The molecule has 0 radical (unpaired) electrons. The number of methoxy groups -OCH3 is 1. The van der Waals surface area contributed by atoms with Gasteiger partial charge in [-0.2, -0.15) is 0 Å². The van der Waals surface area contributed by atoms with Gasteiger partial charge in [-0.3, -0.25) is 4.79 Å². The molecule has 1 aromatic rings. The van der Waals surface area contributed by atoms with Crippen LogP contribution in [0.1, 0.15) is 32.0 Å². The highest BCUT2D eigenvalue weighted by Gasteiger charge is 2.14. The van der Waals surface area contributed by atoms with Gasteiger partial charge in [0.1, 0.15) is 5.82 Å². The van der Waals surface area contributed by atoms with E-state index in [1.165, 1.54) is 7.11 Å². The monoisotopic (exact) mass is 226 g/mol. The summed E-state index contributed by atoms with van der Waals surface area (Å²) in [4.78, 5) is 15.2. The molecule has 0 aliphatic rings. The Morgan fingerprint density at radius 2 is 2.31 bits per heavy atom. The molecule has 1 atom stereocenters. The number of ether oxygens (including phenoxy) is 1. The van der Waals surface area contributed by atoms with Crippen LogP contribution in [0, 0.1) is 0 Å². The maximum Gasteiger partial charge on any atom is 0.308 e. The number of carbonyl (C=O) groups excluding carboxylic acids is 1. The average Bonchev–Trinajstić information content (AvgIpc) is 2.65. The standard InChI is InChI=1S/C11H18N2O3/c1-8(2)11-12-4-5-13(11)7-9(14)6-10(15)16-3/h4-5,8-9,14H,6-7H2,1-3H3/t9-/m1/s1. The third-order valence-electron chi connectivity index (χ3n) is 2.30. The van der Waals surface area contributed by atoms with Crippen molar-refractivity contribution in [3.05, 3.63) is 18.2 Å². The van der Waals surface area contributed by atoms with Gasteiger partial charge in [-0.25, -0.2) is 4.98 Å². The molecule has 5 heteroatoms. The molecule has 90 valence electrons. The Bertz CT molecular complexity index is 347. The van der Waals surface area contributed by atoms with E-state index in [-0.39, 0.29) is 6.42 Å². The van der Waals surface area contributed by atoms with Crippen LogP contribution in [0.25, 0.3) is 0 Å². The number of aliphatic hydroxyl groups is 1. The molecule has 1 heterocycles. The lowest BCUT2D eigenvalue weighted by Crippen LogP contribution is -2.21. The van der Waals surface area contributed by atoms with E-state index < -0.39 is 12.1 Å². The summed E-state index contributed by atoms with van der Waals surface area (Å²) in [6.07, 6.45) is 2.77. The molecule has 0 saturated heterocycles. The van der Waals surface area contributed by atoms with E-state index in [0.29, 0.717) is 12.5 Å². The summed E-state index contributed by atoms with van der Waals surface area (Å²) in [5, 5.41) is 9.68. The lowest BCUT2D eigenvalue weighted by Gasteiger charge is -2.14. The number of esters is 1. The first-order valence-corrected chi connectivity index (χ1v) is 5.30. The van der Waals surface area contributed by atoms with Gasteiger partial charge in [0.15, 0.2) is 0 Å². The van der Waals surface area contributed by atoms with E-state index in [9.17, 15) is 9.90 Å². The minimum atomic E-state index is -0.737. The predicted octanol–water partition coefficient (Wildman–Crippen LogP) is 0.930. The fourth-order valence-electron chi connectivity index (χ4n) is 1.54. The van der Waals surface area contributed by atoms with Gasteiger partial charge in [-0.15, -0.1) is 0 Å². The Balaban J connectivity index is 2.59. The summed E-state index contributed by atoms with van der Waals surface area (Å²) >= 11 is 0. The second kappa shape index (κ2) is 5.65.